The van der Waals surface area contributed by atoms with Crippen molar-refractivity contribution < 1.29 is 29.4 Å². The van der Waals surface area contributed by atoms with E-state index in [9.17, 15) is 9.90 Å². The fourth-order valence-corrected chi connectivity index (χ4v) is 0.245. The molecule has 0 aromatic heterocycles. The number of hydrogen-bond donors (Lipinski definition) is 0. The molecule has 0 atom stereocenters. The first-order valence-electron chi connectivity index (χ1n) is 2.27. The summed E-state index contributed by atoms with van der Waals surface area (Å²) < 4.78 is 0. The number of allylic oxidation sites excluding steroid dienone is 3. The van der Waals surface area contributed by atoms with Gasteiger partial charge in [-0.15, -0.1) is 0 Å². The minimum Gasteiger partial charge on any atom is -0.545 e. The maximum absolute atomic E-state index is 9.64. The first kappa shape index (κ1) is 11.4. The molecule has 0 N–H and O–H groups in total. The summed E-state index contributed by atoms with van der Waals surface area (Å²) in [5.41, 5.74) is 0. The Morgan fingerprint density at radius 2 is 2.00 bits per heavy atom. The first-order chi connectivity index (χ1) is 3.77. The molecule has 3 heteroatoms. The van der Waals surface area contributed by atoms with Crippen molar-refractivity contribution in [1.29, 1.82) is 0 Å². The zero-order valence-corrected chi connectivity index (χ0v) is 8.30. The molecule has 0 bridgehead atoms. The van der Waals surface area contributed by atoms with E-state index in [1.54, 1.807) is 19.1 Å². The van der Waals surface area contributed by atoms with Gasteiger partial charge in [0, 0.05) is 0 Å². The summed E-state index contributed by atoms with van der Waals surface area (Å²) >= 11 is 0. The Morgan fingerprint density at radius 1 is 1.44 bits per heavy atom. The van der Waals surface area contributed by atoms with E-state index in [1.165, 1.54) is 6.08 Å². The van der Waals surface area contributed by atoms with Crippen molar-refractivity contribution in [3.63, 3.8) is 0 Å². The smallest absolute Gasteiger partial charge is 0.545 e. The predicted octanol–water partition coefficient (Wildman–Crippen LogP) is -0.134. The molecule has 0 aliphatic carbocycles. The summed E-state index contributed by atoms with van der Waals surface area (Å²) in [7, 11) is 0. The summed E-state index contributed by atoms with van der Waals surface area (Å²) in [6.45, 7) is 1.81. The van der Waals surface area contributed by atoms with E-state index in [4.69, 9.17) is 0 Å². The summed E-state index contributed by atoms with van der Waals surface area (Å²) in [6.07, 6.45) is 5.74. The van der Waals surface area contributed by atoms with Crippen LogP contribution in [-0.2, 0) is 24.3 Å². The molecule has 9 heavy (non-hydrogen) atoms. The molecule has 0 aliphatic heterocycles. The van der Waals surface area contributed by atoms with E-state index in [0.717, 1.165) is 6.08 Å². The summed E-state index contributed by atoms with van der Waals surface area (Å²) in [6, 6.07) is 0. The maximum Gasteiger partial charge on any atom is 2.00 e. The van der Waals surface area contributed by atoms with Gasteiger partial charge in [-0.3, -0.25) is 0 Å². The molecule has 0 aromatic carbocycles. The van der Waals surface area contributed by atoms with Crippen LogP contribution in [0.25, 0.3) is 0 Å². The molecule has 0 amide bonds. The van der Waals surface area contributed by atoms with Crippen LogP contribution in [0.15, 0.2) is 24.3 Å². The normalized spacial score (nSPS) is 9.89. The molecule has 44 valence electrons. The van der Waals surface area contributed by atoms with Gasteiger partial charge in [0.1, 0.15) is 0 Å². The van der Waals surface area contributed by atoms with Crippen LogP contribution in [0.5, 0.6) is 0 Å². The van der Waals surface area contributed by atoms with Crippen LogP contribution >= 0.6 is 0 Å². The average molecular weight is 177 g/mol. The van der Waals surface area contributed by atoms with Crippen molar-refractivity contribution in [3.05, 3.63) is 24.3 Å². The van der Waals surface area contributed by atoms with Crippen molar-refractivity contribution >= 4 is 5.97 Å². The van der Waals surface area contributed by atoms with Crippen molar-refractivity contribution in [1.82, 2.24) is 0 Å². The number of carboxylic acids is 1. The molecular formula is C6H7O2Zn+. The summed E-state index contributed by atoms with van der Waals surface area (Å²) in [5.74, 6) is -1.16. The van der Waals surface area contributed by atoms with E-state index in [1.807, 2.05) is 0 Å². The van der Waals surface area contributed by atoms with Crippen molar-refractivity contribution in [2.45, 2.75) is 6.92 Å². The van der Waals surface area contributed by atoms with Crippen LogP contribution in [0, 0.1) is 0 Å². The Balaban J connectivity index is 0. The van der Waals surface area contributed by atoms with Crippen LogP contribution in [0.1, 0.15) is 6.92 Å². The second kappa shape index (κ2) is 7.57. The minimum absolute atomic E-state index is 0. The van der Waals surface area contributed by atoms with Gasteiger partial charge in [0.05, 0.1) is 5.97 Å². The van der Waals surface area contributed by atoms with E-state index in [0.29, 0.717) is 0 Å². The fraction of sp³-hybridized carbons (Fsp3) is 0.167. The summed E-state index contributed by atoms with van der Waals surface area (Å²) in [5, 5.41) is 9.64. The van der Waals surface area contributed by atoms with Gasteiger partial charge >= 0.3 is 19.5 Å². The van der Waals surface area contributed by atoms with Crippen molar-refractivity contribution in [3.8, 4) is 0 Å². The van der Waals surface area contributed by atoms with Gasteiger partial charge in [-0.05, 0) is 13.0 Å². The quantitative estimate of drug-likeness (QED) is 0.334. The molecule has 0 aromatic rings. The molecule has 0 fully saturated rings. The number of hydrogen-bond acceptors (Lipinski definition) is 2. The van der Waals surface area contributed by atoms with E-state index >= 15 is 0 Å². The first-order valence-corrected chi connectivity index (χ1v) is 2.27. The largest absolute Gasteiger partial charge is 2.00 e. The van der Waals surface area contributed by atoms with Gasteiger partial charge in [-0.25, -0.2) is 0 Å². The van der Waals surface area contributed by atoms with Crippen molar-refractivity contribution in [2.75, 3.05) is 0 Å². The molecule has 0 rings (SSSR count). The van der Waals surface area contributed by atoms with Crippen LogP contribution in [0.4, 0.5) is 0 Å². The molecule has 0 aliphatic rings. The van der Waals surface area contributed by atoms with E-state index in [-0.39, 0.29) is 19.5 Å². The number of carbonyl (C=O) groups excluding carboxylic acids is 1. The van der Waals surface area contributed by atoms with Gasteiger partial charge in [0.15, 0.2) is 0 Å². The molecule has 0 saturated heterocycles. The maximum atomic E-state index is 9.64. The van der Waals surface area contributed by atoms with Gasteiger partial charge < -0.3 is 9.90 Å². The number of carbonyl (C=O) groups is 1. The zero-order chi connectivity index (χ0) is 6.41. The standard InChI is InChI=1S/C6H8O2.Zn/c1-2-3-4-5-6(7)8;/h2-5H,1H3,(H,7,8);/q;+2/p-1/b3-2+,5-4+;. The van der Waals surface area contributed by atoms with E-state index in [2.05, 4.69) is 0 Å². The Hall–Kier alpha value is -0.427. The zero-order valence-electron chi connectivity index (χ0n) is 5.33. The molecular weight excluding hydrogens is 169 g/mol. The Labute approximate surface area is 67.0 Å². The predicted molar refractivity (Wildman–Crippen MR) is 29.0 cm³/mol. The van der Waals surface area contributed by atoms with Crippen molar-refractivity contribution in [2.24, 2.45) is 0 Å². The van der Waals surface area contributed by atoms with E-state index < -0.39 is 5.97 Å². The Morgan fingerprint density at radius 3 is 2.33 bits per heavy atom. The number of carboxylic acid groups (broad SMARTS) is 1. The van der Waals surface area contributed by atoms with Gasteiger partial charge in [-0.2, -0.15) is 0 Å². The second-order valence-electron chi connectivity index (χ2n) is 1.20. The van der Waals surface area contributed by atoms with Crippen LogP contribution in [0.2, 0.25) is 0 Å². The molecule has 0 saturated carbocycles. The van der Waals surface area contributed by atoms with Crippen LogP contribution < -0.4 is 5.11 Å². The molecule has 0 heterocycles. The second-order valence-corrected chi connectivity index (χ2v) is 1.20. The van der Waals surface area contributed by atoms with Gasteiger partial charge in [-0.1, -0.05) is 18.2 Å². The SMILES string of the molecule is C/C=C/C=C/C(=O)[O-].[Zn+2]. The fourth-order valence-electron chi connectivity index (χ4n) is 0.245. The third kappa shape index (κ3) is 11.2. The topological polar surface area (TPSA) is 40.1 Å². The Kier molecular flexibility index (Phi) is 9.58. The molecule has 0 unspecified atom stereocenters. The number of aliphatic carboxylic acids is 1. The summed E-state index contributed by atoms with van der Waals surface area (Å²) in [4.78, 5) is 9.64. The molecule has 0 spiro atoms. The van der Waals surface area contributed by atoms with Gasteiger partial charge in [0.2, 0.25) is 0 Å². The molecule has 0 radical (unpaired) electrons. The average Bonchev–Trinajstić information content (AvgIpc) is 1.66. The van der Waals surface area contributed by atoms with Crippen LogP contribution in [0.3, 0.4) is 0 Å². The monoisotopic (exact) mass is 175 g/mol. The van der Waals surface area contributed by atoms with Crippen LogP contribution in [-0.4, -0.2) is 5.97 Å². The Bertz CT molecular complexity index is 127. The van der Waals surface area contributed by atoms with Gasteiger partial charge in [0.25, 0.3) is 0 Å². The third-order valence-electron chi connectivity index (χ3n) is 0.536. The number of rotatable bonds is 2. The third-order valence-corrected chi connectivity index (χ3v) is 0.536. The minimum atomic E-state index is -1.16. The molecule has 2 nitrogen and oxygen atoms in total.